The van der Waals surface area contributed by atoms with Crippen molar-refractivity contribution in [1.29, 1.82) is 0 Å². The molecule has 0 aromatic carbocycles. The fraction of sp³-hybridized carbons (Fsp3) is 0.429. The van der Waals surface area contributed by atoms with E-state index in [0.29, 0.717) is 4.74 Å². The van der Waals surface area contributed by atoms with Gasteiger partial charge in [-0.25, -0.2) is 14.8 Å². The van der Waals surface area contributed by atoms with Crippen LogP contribution in [0.3, 0.4) is 0 Å². The number of carbonyl (C=O) groups excluding carboxylic acids is 2. The first-order chi connectivity index (χ1) is 6.52. The number of hydrogen-bond acceptors (Lipinski definition) is 4. The van der Waals surface area contributed by atoms with Crippen LogP contribution in [0.5, 0.6) is 0 Å². The standard InChI is InChI=1S/C7H7BrN4O2/c1-11-4-3(9-6(8)10-4)5(13)12(2)7(11)14/h4H,1-2H3/t4-/m0/s1. The minimum Gasteiger partial charge on any atom is -0.299 e. The Balaban J connectivity index is 2.44. The second-order valence-electron chi connectivity index (χ2n) is 3.03. The van der Waals surface area contributed by atoms with Crippen molar-refractivity contribution in [2.45, 2.75) is 6.17 Å². The summed E-state index contributed by atoms with van der Waals surface area (Å²) in [6.45, 7) is 0. The molecule has 0 aromatic rings. The lowest BCUT2D eigenvalue weighted by Crippen LogP contribution is -2.58. The first kappa shape index (κ1) is 9.32. The van der Waals surface area contributed by atoms with Crippen LogP contribution >= 0.6 is 15.9 Å². The maximum absolute atomic E-state index is 11.6. The first-order valence-corrected chi connectivity index (χ1v) is 4.68. The largest absolute Gasteiger partial charge is 0.328 e. The average Bonchev–Trinajstić information content (AvgIpc) is 2.54. The number of amides is 3. The molecule has 0 unspecified atom stereocenters. The molecule has 0 saturated carbocycles. The van der Waals surface area contributed by atoms with E-state index in [4.69, 9.17) is 0 Å². The molecule has 0 bridgehead atoms. The molecule has 74 valence electrons. The number of carbonyl (C=O) groups is 2. The number of nitrogens with zero attached hydrogens (tertiary/aromatic N) is 4. The molecule has 3 amide bonds. The topological polar surface area (TPSA) is 65.3 Å². The Morgan fingerprint density at radius 2 is 2.00 bits per heavy atom. The van der Waals surface area contributed by atoms with Gasteiger partial charge in [0, 0.05) is 14.1 Å². The summed E-state index contributed by atoms with van der Waals surface area (Å²) in [4.78, 5) is 33.4. The molecule has 2 aliphatic rings. The van der Waals surface area contributed by atoms with Gasteiger partial charge < -0.3 is 0 Å². The van der Waals surface area contributed by atoms with Crippen molar-refractivity contribution >= 4 is 38.3 Å². The lowest BCUT2D eigenvalue weighted by Gasteiger charge is -2.32. The van der Waals surface area contributed by atoms with Crippen LogP contribution in [-0.2, 0) is 4.79 Å². The summed E-state index contributed by atoms with van der Waals surface area (Å²) < 4.78 is 0.348. The van der Waals surface area contributed by atoms with Gasteiger partial charge in [0.1, 0.15) is 0 Å². The number of amidine groups is 1. The third-order valence-electron chi connectivity index (χ3n) is 2.17. The first-order valence-electron chi connectivity index (χ1n) is 3.89. The molecule has 14 heavy (non-hydrogen) atoms. The van der Waals surface area contributed by atoms with Crippen LogP contribution in [0.15, 0.2) is 9.98 Å². The van der Waals surface area contributed by atoms with Crippen LogP contribution in [0.25, 0.3) is 0 Å². The second-order valence-corrected chi connectivity index (χ2v) is 3.74. The van der Waals surface area contributed by atoms with Crippen molar-refractivity contribution in [2.75, 3.05) is 14.1 Å². The normalized spacial score (nSPS) is 26.4. The molecule has 7 heteroatoms. The Labute approximate surface area is 88.4 Å². The molecule has 1 fully saturated rings. The minimum atomic E-state index is -0.569. The maximum atomic E-state index is 11.6. The zero-order valence-electron chi connectivity index (χ0n) is 7.56. The van der Waals surface area contributed by atoms with Gasteiger partial charge in [0.05, 0.1) is 0 Å². The van der Waals surface area contributed by atoms with Crippen LogP contribution < -0.4 is 0 Å². The van der Waals surface area contributed by atoms with Crippen LogP contribution in [0.2, 0.25) is 0 Å². The number of imide groups is 1. The number of halogens is 1. The Hall–Kier alpha value is -1.24. The lowest BCUT2D eigenvalue weighted by molar-refractivity contribution is -0.122. The van der Waals surface area contributed by atoms with Gasteiger partial charge in [0.2, 0.25) is 0 Å². The molecule has 6 nitrogen and oxygen atoms in total. The second kappa shape index (κ2) is 2.88. The molecule has 2 aliphatic heterocycles. The zero-order valence-corrected chi connectivity index (χ0v) is 9.15. The minimum absolute atomic E-state index is 0.279. The number of aliphatic imine (C=N–C) groups is 2. The van der Waals surface area contributed by atoms with Crippen LogP contribution in [0.1, 0.15) is 0 Å². The molecule has 0 aliphatic carbocycles. The van der Waals surface area contributed by atoms with E-state index in [1.165, 1.54) is 11.9 Å². The van der Waals surface area contributed by atoms with Gasteiger partial charge in [-0.3, -0.25) is 14.6 Å². The molecule has 0 radical (unpaired) electrons. The summed E-state index contributed by atoms with van der Waals surface area (Å²) in [5.74, 6) is -0.392. The summed E-state index contributed by atoms with van der Waals surface area (Å²) in [7, 11) is 3.01. The van der Waals surface area contributed by atoms with Crippen molar-refractivity contribution in [3.63, 3.8) is 0 Å². The molecule has 1 atom stereocenters. The number of fused-ring (bicyclic) bond motifs is 1. The van der Waals surface area contributed by atoms with Crippen molar-refractivity contribution in [1.82, 2.24) is 9.80 Å². The molecule has 0 N–H and O–H groups in total. The molecule has 0 spiro atoms. The van der Waals surface area contributed by atoms with E-state index < -0.39 is 12.1 Å². The van der Waals surface area contributed by atoms with Gasteiger partial charge in [-0.1, -0.05) is 0 Å². The summed E-state index contributed by atoms with van der Waals surface area (Å²) in [5, 5.41) is 0. The van der Waals surface area contributed by atoms with Gasteiger partial charge in [-0.05, 0) is 15.9 Å². The third-order valence-corrected chi connectivity index (χ3v) is 2.55. The van der Waals surface area contributed by atoms with E-state index in [-0.39, 0.29) is 11.7 Å². The molecular formula is C7H7BrN4O2. The smallest absolute Gasteiger partial charge is 0.299 e. The predicted molar refractivity (Wildman–Crippen MR) is 53.5 cm³/mol. The Morgan fingerprint density at radius 1 is 1.36 bits per heavy atom. The van der Waals surface area contributed by atoms with Gasteiger partial charge in [0.25, 0.3) is 5.91 Å². The predicted octanol–water partition coefficient (Wildman–Crippen LogP) is 0.0418. The van der Waals surface area contributed by atoms with Crippen molar-refractivity contribution in [2.24, 2.45) is 9.98 Å². The summed E-state index contributed by atoms with van der Waals surface area (Å²) in [5.41, 5.74) is 0.279. The molecular weight excluding hydrogens is 252 g/mol. The highest BCUT2D eigenvalue weighted by Gasteiger charge is 2.42. The lowest BCUT2D eigenvalue weighted by atomic mass is 10.2. The Bertz CT molecular complexity index is 389. The highest BCUT2D eigenvalue weighted by molar-refractivity contribution is 9.18. The van der Waals surface area contributed by atoms with E-state index in [9.17, 15) is 9.59 Å². The monoisotopic (exact) mass is 258 g/mol. The Kier molecular flexibility index (Phi) is 1.91. The summed E-state index contributed by atoms with van der Waals surface area (Å²) in [6, 6.07) is -0.370. The van der Waals surface area contributed by atoms with E-state index in [0.717, 1.165) is 4.90 Å². The van der Waals surface area contributed by atoms with Crippen LogP contribution in [0, 0.1) is 0 Å². The van der Waals surface area contributed by atoms with Gasteiger partial charge >= 0.3 is 6.03 Å². The van der Waals surface area contributed by atoms with Crippen molar-refractivity contribution in [3.05, 3.63) is 0 Å². The maximum Gasteiger partial charge on any atom is 0.328 e. The summed E-state index contributed by atoms with van der Waals surface area (Å²) >= 11 is 3.08. The zero-order chi connectivity index (χ0) is 10.5. The average molecular weight is 259 g/mol. The van der Waals surface area contributed by atoms with Gasteiger partial charge in [-0.2, -0.15) is 0 Å². The van der Waals surface area contributed by atoms with E-state index in [2.05, 4.69) is 25.9 Å². The van der Waals surface area contributed by atoms with E-state index in [1.807, 2.05) is 0 Å². The van der Waals surface area contributed by atoms with Crippen LogP contribution in [-0.4, -0.2) is 52.5 Å². The molecule has 2 heterocycles. The van der Waals surface area contributed by atoms with Gasteiger partial charge in [0.15, 0.2) is 16.6 Å². The molecule has 0 aromatic heterocycles. The molecule has 1 saturated heterocycles. The van der Waals surface area contributed by atoms with E-state index >= 15 is 0 Å². The fourth-order valence-corrected chi connectivity index (χ4v) is 1.76. The Morgan fingerprint density at radius 3 is 2.64 bits per heavy atom. The van der Waals surface area contributed by atoms with Crippen LogP contribution in [0.4, 0.5) is 4.79 Å². The number of urea groups is 1. The van der Waals surface area contributed by atoms with Crippen molar-refractivity contribution < 1.29 is 9.59 Å². The molecule has 2 rings (SSSR count). The van der Waals surface area contributed by atoms with Gasteiger partial charge in [-0.15, -0.1) is 0 Å². The number of hydrogen-bond donors (Lipinski definition) is 0. The summed E-state index contributed by atoms with van der Waals surface area (Å²) in [6.07, 6.45) is -0.569. The van der Waals surface area contributed by atoms with E-state index in [1.54, 1.807) is 7.05 Å². The van der Waals surface area contributed by atoms with Crippen molar-refractivity contribution in [3.8, 4) is 0 Å². The highest BCUT2D eigenvalue weighted by Crippen LogP contribution is 2.19. The number of rotatable bonds is 0. The quantitative estimate of drug-likeness (QED) is 0.576. The fourth-order valence-electron chi connectivity index (χ4n) is 1.38. The highest BCUT2D eigenvalue weighted by atomic mass is 79.9. The SMILES string of the molecule is CN1C(=O)C2=NC(Br)=N[C@H]2N(C)C1=O. The third kappa shape index (κ3) is 1.08.